The highest BCUT2D eigenvalue weighted by Gasteiger charge is 2.08. The first kappa shape index (κ1) is 10.1. The fraction of sp³-hybridized carbons (Fsp3) is 0.750. The van der Waals surface area contributed by atoms with Crippen LogP contribution in [0.15, 0.2) is 6.33 Å². The summed E-state index contributed by atoms with van der Waals surface area (Å²) in [6, 6.07) is 0. The largest absolute Gasteiger partial charge is 0.391 e. The zero-order valence-electron chi connectivity index (χ0n) is 7.85. The molecule has 0 aliphatic rings. The molecule has 0 fully saturated rings. The Morgan fingerprint density at radius 2 is 2.46 bits per heavy atom. The maximum atomic E-state index is 9.32. The van der Waals surface area contributed by atoms with Crippen LogP contribution in [-0.2, 0) is 13.0 Å². The normalized spacial score (nSPS) is 13.2. The summed E-state index contributed by atoms with van der Waals surface area (Å²) < 4.78 is 1.80. The number of aliphatic hydroxyl groups is 1. The Labute approximate surface area is 77.6 Å². The molecule has 1 aromatic rings. The molecule has 0 aliphatic carbocycles. The van der Waals surface area contributed by atoms with E-state index in [9.17, 15) is 5.11 Å². The van der Waals surface area contributed by atoms with Gasteiger partial charge < -0.3 is 10.8 Å². The van der Waals surface area contributed by atoms with Crippen LogP contribution >= 0.6 is 0 Å². The Morgan fingerprint density at radius 1 is 1.69 bits per heavy atom. The van der Waals surface area contributed by atoms with Crippen molar-refractivity contribution in [2.75, 3.05) is 6.54 Å². The molecule has 0 amide bonds. The van der Waals surface area contributed by atoms with Gasteiger partial charge in [0.1, 0.15) is 12.2 Å². The number of nitrogens with zero attached hydrogens (tertiary/aromatic N) is 3. The van der Waals surface area contributed by atoms with Gasteiger partial charge in [-0.05, 0) is 6.42 Å². The number of hydrogen-bond acceptors (Lipinski definition) is 4. The van der Waals surface area contributed by atoms with Crippen molar-refractivity contribution >= 4 is 0 Å². The second-order valence-corrected chi connectivity index (χ2v) is 2.99. The molecule has 1 atom stereocenters. The van der Waals surface area contributed by atoms with Crippen LogP contribution in [-0.4, -0.2) is 32.5 Å². The molecule has 0 spiro atoms. The minimum Gasteiger partial charge on any atom is -0.391 e. The van der Waals surface area contributed by atoms with E-state index < -0.39 is 6.10 Å². The van der Waals surface area contributed by atoms with E-state index in [1.807, 2.05) is 0 Å². The summed E-state index contributed by atoms with van der Waals surface area (Å²) in [5.41, 5.74) is 5.31. The van der Waals surface area contributed by atoms with E-state index >= 15 is 0 Å². The lowest BCUT2D eigenvalue weighted by Gasteiger charge is -2.07. The number of aliphatic hydroxyl groups excluding tert-OH is 1. The van der Waals surface area contributed by atoms with Crippen molar-refractivity contribution in [3.05, 3.63) is 12.2 Å². The predicted octanol–water partition coefficient (Wildman–Crippen LogP) is -0.450. The minimum absolute atomic E-state index is 0.263. The van der Waals surface area contributed by atoms with Crippen LogP contribution in [0.2, 0.25) is 0 Å². The highest BCUT2D eigenvalue weighted by atomic mass is 16.3. The third-order valence-electron chi connectivity index (χ3n) is 1.82. The molecule has 0 saturated heterocycles. The van der Waals surface area contributed by atoms with Gasteiger partial charge in [-0.1, -0.05) is 6.92 Å². The number of aryl methyl sites for hydroxylation is 1. The zero-order chi connectivity index (χ0) is 9.68. The van der Waals surface area contributed by atoms with Crippen molar-refractivity contribution < 1.29 is 5.11 Å². The van der Waals surface area contributed by atoms with Gasteiger partial charge in [-0.3, -0.25) is 4.68 Å². The van der Waals surface area contributed by atoms with E-state index in [2.05, 4.69) is 17.0 Å². The maximum absolute atomic E-state index is 9.32. The molecule has 5 nitrogen and oxygen atoms in total. The van der Waals surface area contributed by atoms with E-state index in [-0.39, 0.29) is 6.54 Å². The van der Waals surface area contributed by atoms with Crippen molar-refractivity contribution in [1.29, 1.82) is 0 Å². The van der Waals surface area contributed by atoms with Crippen molar-refractivity contribution in [3.63, 3.8) is 0 Å². The van der Waals surface area contributed by atoms with Crippen molar-refractivity contribution in [1.82, 2.24) is 14.8 Å². The first-order valence-electron chi connectivity index (χ1n) is 4.52. The molecule has 3 N–H and O–H groups in total. The van der Waals surface area contributed by atoms with E-state index in [0.717, 1.165) is 18.8 Å². The average Bonchev–Trinajstić information content (AvgIpc) is 2.54. The number of nitrogens with two attached hydrogens (primary N) is 1. The summed E-state index contributed by atoms with van der Waals surface area (Å²) >= 11 is 0. The van der Waals surface area contributed by atoms with Crippen LogP contribution in [0.1, 0.15) is 19.2 Å². The lowest BCUT2D eigenvalue weighted by atomic mass is 10.2. The van der Waals surface area contributed by atoms with Gasteiger partial charge in [0.25, 0.3) is 0 Å². The van der Waals surface area contributed by atoms with Crippen LogP contribution in [0.4, 0.5) is 0 Å². The average molecular weight is 184 g/mol. The highest BCUT2D eigenvalue weighted by Crippen LogP contribution is 1.99. The molecule has 0 aromatic carbocycles. The Kier molecular flexibility index (Phi) is 3.85. The number of aromatic nitrogens is 3. The summed E-state index contributed by atoms with van der Waals surface area (Å²) in [5, 5.41) is 13.4. The van der Waals surface area contributed by atoms with Crippen LogP contribution in [0.5, 0.6) is 0 Å². The molecule has 1 aromatic heterocycles. The summed E-state index contributed by atoms with van der Waals surface area (Å²) in [6.07, 6.45) is 2.49. The second kappa shape index (κ2) is 4.94. The predicted molar refractivity (Wildman–Crippen MR) is 49.1 cm³/mol. The minimum atomic E-state index is -0.514. The van der Waals surface area contributed by atoms with Crippen molar-refractivity contribution in [2.45, 2.75) is 32.4 Å². The van der Waals surface area contributed by atoms with Crippen LogP contribution in [0, 0.1) is 0 Å². The third kappa shape index (κ3) is 2.78. The molecule has 13 heavy (non-hydrogen) atoms. The summed E-state index contributed by atoms with van der Waals surface area (Å²) in [4.78, 5) is 4.06. The first-order chi connectivity index (χ1) is 6.27. The van der Waals surface area contributed by atoms with E-state index in [0.29, 0.717) is 6.42 Å². The smallest absolute Gasteiger partial charge is 0.138 e. The van der Waals surface area contributed by atoms with Gasteiger partial charge >= 0.3 is 0 Å². The zero-order valence-corrected chi connectivity index (χ0v) is 7.85. The van der Waals surface area contributed by atoms with Gasteiger partial charge in [0.2, 0.25) is 0 Å². The quantitative estimate of drug-likeness (QED) is 0.649. The Bertz CT molecular complexity index is 248. The van der Waals surface area contributed by atoms with Crippen molar-refractivity contribution in [2.24, 2.45) is 5.73 Å². The SMILES string of the molecule is CCCn1ncnc1CC(O)CN. The van der Waals surface area contributed by atoms with Gasteiger partial charge in [0.05, 0.1) is 6.10 Å². The van der Waals surface area contributed by atoms with Crippen LogP contribution in [0.3, 0.4) is 0 Å². The molecular formula is C8H16N4O. The van der Waals surface area contributed by atoms with Crippen LogP contribution < -0.4 is 5.73 Å². The second-order valence-electron chi connectivity index (χ2n) is 2.99. The van der Waals surface area contributed by atoms with Crippen LogP contribution in [0.25, 0.3) is 0 Å². The number of rotatable bonds is 5. The summed E-state index contributed by atoms with van der Waals surface area (Å²) in [7, 11) is 0. The van der Waals surface area contributed by atoms with Gasteiger partial charge in [0.15, 0.2) is 0 Å². The highest BCUT2D eigenvalue weighted by molar-refractivity contribution is 4.87. The third-order valence-corrected chi connectivity index (χ3v) is 1.82. The summed E-state index contributed by atoms with van der Waals surface area (Å²) in [5.74, 6) is 0.805. The van der Waals surface area contributed by atoms with E-state index in [1.165, 1.54) is 6.33 Å². The summed E-state index contributed by atoms with van der Waals surface area (Å²) in [6.45, 7) is 3.18. The monoisotopic (exact) mass is 184 g/mol. The molecule has 0 radical (unpaired) electrons. The molecular weight excluding hydrogens is 168 g/mol. The molecule has 1 heterocycles. The van der Waals surface area contributed by atoms with Gasteiger partial charge in [-0.25, -0.2) is 4.98 Å². The lowest BCUT2D eigenvalue weighted by molar-refractivity contribution is 0.179. The Morgan fingerprint density at radius 3 is 3.08 bits per heavy atom. The molecule has 1 rings (SSSR count). The molecule has 5 heteroatoms. The topological polar surface area (TPSA) is 77.0 Å². The Hall–Kier alpha value is -0.940. The molecule has 74 valence electrons. The molecule has 0 aliphatic heterocycles. The fourth-order valence-electron chi connectivity index (χ4n) is 1.14. The van der Waals surface area contributed by atoms with Crippen molar-refractivity contribution in [3.8, 4) is 0 Å². The molecule has 1 unspecified atom stereocenters. The first-order valence-corrected chi connectivity index (χ1v) is 4.52. The van der Waals surface area contributed by atoms with Gasteiger partial charge in [0, 0.05) is 19.5 Å². The lowest BCUT2D eigenvalue weighted by Crippen LogP contribution is -2.24. The number of hydrogen-bond donors (Lipinski definition) is 2. The molecule has 0 bridgehead atoms. The van der Waals surface area contributed by atoms with Gasteiger partial charge in [-0.15, -0.1) is 0 Å². The maximum Gasteiger partial charge on any atom is 0.138 e. The van der Waals surface area contributed by atoms with Gasteiger partial charge in [-0.2, -0.15) is 5.10 Å². The molecule has 0 saturated carbocycles. The standard InChI is InChI=1S/C8H16N4O/c1-2-3-12-8(10-6-11-12)4-7(13)5-9/h6-7,13H,2-5,9H2,1H3. The fourth-order valence-corrected chi connectivity index (χ4v) is 1.14. The Balaban J connectivity index is 2.59. The van der Waals surface area contributed by atoms with E-state index in [4.69, 9.17) is 5.73 Å². The van der Waals surface area contributed by atoms with E-state index in [1.54, 1.807) is 4.68 Å².